The molecule has 1 N–H and O–H groups in total. The fourth-order valence-corrected chi connectivity index (χ4v) is 0.946. The molecule has 0 atom stereocenters. The highest BCUT2D eigenvalue weighted by atomic mass is 35.5. The predicted molar refractivity (Wildman–Crippen MR) is 51.9 cm³/mol. The van der Waals surface area contributed by atoms with Gasteiger partial charge in [-0.3, -0.25) is 0 Å². The summed E-state index contributed by atoms with van der Waals surface area (Å²) in [4.78, 5) is 4.71. The second kappa shape index (κ2) is 5.56. The van der Waals surface area contributed by atoms with E-state index in [2.05, 4.69) is 5.16 Å². The summed E-state index contributed by atoms with van der Waals surface area (Å²) in [5, 5.41) is 12.3. The van der Waals surface area contributed by atoms with Gasteiger partial charge in [-0.05, 0) is 0 Å². The Morgan fingerprint density at radius 2 is 2.08 bits per heavy atom. The van der Waals surface area contributed by atoms with Crippen molar-refractivity contribution in [2.75, 3.05) is 13.2 Å². The van der Waals surface area contributed by atoms with E-state index in [0.717, 1.165) is 5.56 Å². The topological polar surface area (TPSA) is 41.8 Å². The molecule has 0 aliphatic carbocycles. The second-order valence-corrected chi connectivity index (χ2v) is 2.66. The van der Waals surface area contributed by atoms with Gasteiger partial charge in [0.2, 0.25) is 0 Å². The second-order valence-electron chi connectivity index (χ2n) is 2.30. The molecule has 0 heterocycles. The monoisotopic (exact) mass is 199 g/mol. The quantitative estimate of drug-likeness (QED) is 0.455. The maximum Gasteiger partial charge on any atom is 0.175 e. The number of hydrogen-bond donors (Lipinski definition) is 1. The van der Waals surface area contributed by atoms with Crippen molar-refractivity contribution < 1.29 is 9.94 Å². The van der Waals surface area contributed by atoms with Crippen LogP contribution < -0.4 is 0 Å². The third-order valence-corrected chi connectivity index (χ3v) is 1.63. The summed E-state index contributed by atoms with van der Waals surface area (Å²) in [5.74, 6) is 0. The first-order valence-electron chi connectivity index (χ1n) is 3.86. The van der Waals surface area contributed by atoms with E-state index in [9.17, 15) is 0 Å². The molecule has 13 heavy (non-hydrogen) atoms. The number of hydrogen-bond acceptors (Lipinski definition) is 3. The molecule has 0 fully saturated rings. The van der Waals surface area contributed by atoms with Crippen LogP contribution in [0.1, 0.15) is 5.56 Å². The van der Waals surface area contributed by atoms with Gasteiger partial charge < -0.3 is 9.94 Å². The van der Waals surface area contributed by atoms with Gasteiger partial charge >= 0.3 is 0 Å². The molecule has 4 heteroatoms. The molecule has 1 rings (SSSR count). The zero-order valence-electron chi connectivity index (χ0n) is 6.98. The van der Waals surface area contributed by atoms with Crippen molar-refractivity contribution in [2.24, 2.45) is 5.16 Å². The minimum Gasteiger partial charge on any atom is -0.393 e. The van der Waals surface area contributed by atoms with Crippen molar-refractivity contribution in [3.05, 3.63) is 35.9 Å². The summed E-state index contributed by atoms with van der Waals surface area (Å²) in [6, 6.07) is 9.27. The number of halogens is 1. The molecule has 1 aromatic rings. The Balaban J connectivity index is 2.57. The molecule has 0 unspecified atom stereocenters. The molecule has 0 saturated heterocycles. The van der Waals surface area contributed by atoms with Gasteiger partial charge in [-0.2, -0.15) is 0 Å². The van der Waals surface area contributed by atoms with Gasteiger partial charge in [0, 0.05) is 5.56 Å². The van der Waals surface area contributed by atoms with Crippen LogP contribution >= 0.6 is 11.6 Å². The fourth-order valence-electron chi connectivity index (χ4n) is 0.772. The molecular weight excluding hydrogens is 190 g/mol. The molecule has 0 amide bonds. The molecule has 0 spiro atoms. The van der Waals surface area contributed by atoms with Crippen LogP contribution in [0, 0.1) is 0 Å². The molecule has 1 aromatic carbocycles. The van der Waals surface area contributed by atoms with Crippen molar-refractivity contribution in [1.82, 2.24) is 0 Å². The van der Waals surface area contributed by atoms with Crippen molar-refractivity contribution in [3.8, 4) is 0 Å². The van der Waals surface area contributed by atoms with Gasteiger partial charge in [0.05, 0.1) is 6.61 Å². The summed E-state index contributed by atoms with van der Waals surface area (Å²) in [6.07, 6.45) is 0. The maximum atomic E-state index is 8.41. The molecule has 0 aliphatic rings. The van der Waals surface area contributed by atoms with E-state index in [4.69, 9.17) is 21.5 Å². The van der Waals surface area contributed by atoms with E-state index in [0.29, 0.717) is 0 Å². The van der Waals surface area contributed by atoms with Gasteiger partial charge in [0.1, 0.15) is 6.61 Å². The van der Waals surface area contributed by atoms with Crippen LogP contribution in [0.4, 0.5) is 0 Å². The summed E-state index contributed by atoms with van der Waals surface area (Å²) >= 11 is 5.79. The average molecular weight is 200 g/mol. The lowest BCUT2D eigenvalue weighted by Gasteiger charge is -1.98. The zero-order valence-corrected chi connectivity index (χ0v) is 7.74. The van der Waals surface area contributed by atoms with Crippen molar-refractivity contribution in [1.29, 1.82) is 0 Å². The Morgan fingerprint density at radius 1 is 1.38 bits per heavy atom. The van der Waals surface area contributed by atoms with E-state index in [1.54, 1.807) is 0 Å². The van der Waals surface area contributed by atoms with E-state index in [1.807, 2.05) is 30.3 Å². The van der Waals surface area contributed by atoms with Gasteiger partial charge in [-0.1, -0.05) is 47.1 Å². The van der Waals surface area contributed by atoms with E-state index in [-0.39, 0.29) is 18.4 Å². The van der Waals surface area contributed by atoms with Crippen LogP contribution in [0.25, 0.3) is 0 Å². The standard InChI is InChI=1S/C9H10ClNO2/c10-9(11-13-7-6-12)8-4-2-1-3-5-8/h1-5,12H,6-7H2/b11-9-. The van der Waals surface area contributed by atoms with Gasteiger partial charge in [-0.25, -0.2) is 0 Å². The molecular formula is C9H10ClNO2. The average Bonchev–Trinajstić information content (AvgIpc) is 2.19. The zero-order chi connectivity index (χ0) is 9.52. The minimum atomic E-state index is -0.0670. The molecule has 70 valence electrons. The first-order chi connectivity index (χ1) is 6.34. The Labute approximate surface area is 81.6 Å². The Morgan fingerprint density at radius 3 is 2.69 bits per heavy atom. The first-order valence-corrected chi connectivity index (χ1v) is 4.24. The smallest absolute Gasteiger partial charge is 0.175 e. The molecule has 0 aromatic heterocycles. The third kappa shape index (κ3) is 3.44. The van der Waals surface area contributed by atoms with Crippen molar-refractivity contribution in [3.63, 3.8) is 0 Å². The highest BCUT2D eigenvalue weighted by Crippen LogP contribution is 2.04. The van der Waals surface area contributed by atoms with Crippen LogP contribution in [-0.2, 0) is 4.84 Å². The SMILES string of the molecule is OCCO/N=C(\Cl)c1ccccc1. The molecule has 0 saturated carbocycles. The largest absolute Gasteiger partial charge is 0.393 e. The predicted octanol–water partition coefficient (Wildman–Crippen LogP) is 1.60. The summed E-state index contributed by atoms with van der Waals surface area (Å²) in [7, 11) is 0. The van der Waals surface area contributed by atoms with E-state index in [1.165, 1.54) is 0 Å². The van der Waals surface area contributed by atoms with Crippen molar-refractivity contribution in [2.45, 2.75) is 0 Å². The number of benzene rings is 1. The first kappa shape index (κ1) is 10.0. The number of aliphatic hydroxyl groups is 1. The lowest BCUT2D eigenvalue weighted by Crippen LogP contribution is -1.97. The number of nitrogens with zero attached hydrogens (tertiary/aromatic N) is 1. The van der Waals surface area contributed by atoms with Crippen molar-refractivity contribution >= 4 is 16.8 Å². The Bertz CT molecular complexity index is 274. The fraction of sp³-hybridized carbons (Fsp3) is 0.222. The van der Waals surface area contributed by atoms with E-state index < -0.39 is 0 Å². The van der Waals surface area contributed by atoms with Crippen LogP contribution in [0.3, 0.4) is 0 Å². The highest BCUT2D eigenvalue weighted by Gasteiger charge is 1.97. The summed E-state index contributed by atoms with van der Waals surface area (Å²) < 4.78 is 0. The van der Waals surface area contributed by atoms with Crippen LogP contribution in [0.5, 0.6) is 0 Å². The third-order valence-electron chi connectivity index (χ3n) is 1.34. The lowest BCUT2D eigenvalue weighted by molar-refractivity contribution is 0.0993. The molecule has 0 aliphatic heterocycles. The molecule has 0 bridgehead atoms. The van der Waals surface area contributed by atoms with Gasteiger partial charge in [0.25, 0.3) is 0 Å². The Kier molecular flexibility index (Phi) is 4.29. The highest BCUT2D eigenvalue weighted by molar-refractivity contribution is 6.69. The number of oxime groups is 1. The van der Waals surface area contributed by atoms with Gasteiger partial charge in [-0.15, -0.1) is 0 Å². The summed E-state index contributed by atoms with van der Waals surface area (Å²) in [5.41, 5.74) is 0.794. The minimum absolute atomic E-state index is 0.0670. The lowest BCUT2D eigenvalue weighted by atomic mass is 10.2. The van der Waals surface area contributed by atoms with Crippen LogP contribution in [-0.4, -0.2) is 23.5 Å². The maximum absolute atomic E-state index is 8.41. The number of aliphatic hydroxyl groups excluding tert-OH is 1. The Hall–Kier alpha value is -1.06. The van der Waals surface area contributed by atoms with Crippen LogP contribution in [0.15, 0.2) is 35.5 Å². The van der Waals surface area contributed by atoms with E-state index >= 15 is 0 Å². The molecule has 0 radical (unpaired) electrons. The number of rotatable bonds is 4. The van der Waals surface area contributed by atoms with Crippen LogP contribution in [0.2, 0.25) is 0 Å². The molecule has 3 nitrogen and oxygen atoms in total. The van der Waals surface area contributed by atoms with Gasteiger partial charge in [0.15, 0.2) is 5.17 Å². The normalized spacial score (nSPS) is 11.4. The summed E-state index contributed by atoms with van der Waals surface area (Å²) in [6.45, 7) is 0.0888.